The van der Waals surface area contributed by atoms with Crippen LogP contribution in [0.2, 0.25) is 0 Å². The smallest absolute Gasteiger partial charge is 0.413 e. The van der Waals surface area contributed by atoms with Crippen molar-refractivity contribution in [1.29, 1.82) is 0 Å². The van der Waals surface area contributed by atoms with Crippen LogP contribution in [0.25, 0.3) is 0 Å². The maximum absolute atomic E-state index is 11.8. The summed E-state index contributed by atoms with van der Waals surface area (Å²) in [5.41, 5.74) is 1.01. The SMILES string of the molecule is O=C(O)CCC(NC(=O)Oc1ccc(N(CCI)CCI)cc1)C(=O)O. The number of nitrogens with one attached hydrogen (secondary N) is 1. The first-order valence-electron chi connectivity index (χ1n) is 7.77. The Balaban J connectivity index is 2.65. The van der Waals surface area contributed by atoms with Crippen LogP contribution in [-0.2, 0) is 9.59 Å². The zero-order valence-electron chi connectivity index (χ0n) is 13.9. The highest BCUT2D eigenvalue weighted by atomic mass is 127. The van der Waals surface area contributed by atoms with Gasteiger partial charge in [-0.25, -0.2) is 9.59 Å². The number of anilines is 1. The molecule has 0 spiro atoms. The molecule has 1 unspecified atom stereocenters. The molecule has 0 aromatic heterocycles. The second kappa shape index (κ2) is 12.1. The van der Waals surface area contributed by atoms with Gasteiger partial charge < -0.3 is 25.2 Å². The van der Waals surface area contributed by atoms with Gasteiger partial charge in [0.05, 0.1) is 0 Å². The Hall–Kier alpha value is -1.31. The number of rotatable bonds is 11. The van der Waals surface area contributed by atoms with Crippen molar-refractivity contribution < 1.29 is 29.3 Å². The number of aliphatic carboxylic acids is 2. The quantitative estimate of drug-likeness (QED) is 0.268. The van der Waals surface area contributed by atoms with Crippen molar-refractivity contribution >= 4 is 68.9 Å². The molecule has 26 heavy (non-hydrogen) atoms. The number of carbonyl (C=O) groups is 3. The minimum Gasteiger partial charge on any atom is -0.481 e. The first kappa shape index (κ1) is 22.7. The molecule has 0 aliphatic carbocycles. The van der Waals surface area contributed by atoms with Crippen LogP contribution in [0, 0.1) is 0 Å². The number of benzene rings is 1. The van der Waals surface area contributed by atoms with Gasteiger partial charge in [-0.05, 0) is 30.7 Å². The van der Waals surface area contributed by atoms with E-state index in [1.807, 2.05) is 12.1 Å². The summed E-state index contributed by atoms with van der Waals surface area (Å²) in [6.07, 6.45) is -1.53. The van der Waals surface area contributed by atoms with Crippen molar-refractivity contribution in [2.75, 3.05) is 26.8 Å². The Morgan fingerprint density at radius 2 is 1.65 bits per heavy atom. The second-order valence-electron chi connectivity index (χ2n) is 5.22. The first-order valence-corrected chi connectivity index (χ1v) is 10.8. The summed E-state index contributed by atoms with van der Waals surface area (Å²) >= 11 is 4.62. The van der Waals surface area contributed by atoms with E-state index in [1.165, 1.54) is 0 Å². The normalized spacial score (nSPS) is 11.5. The third kappa shape index (κ3) is 8.38. The Labute approximate surface area is 178 Å². The number of carbonyl (C=O) groups excluding carboxylic acids is 1. The number of carboxylic acid groups (broad SMARTS) is 2. The number of amides is 1. The lowest BCUT2D eigenvalue weighted by Crippen LogP contribution is -2.42. The summed E-state index contributed by atoms with van der Waals surface area (Å²) in [7, 11) is 0. The van der Waals surface area contributed by atoms with E-state index in [9.17, 15) is 14.4 Å². The van der Waals surface area contributed by atoms with E-state index in [1.54, 1.807) is 12.1 Å². The number of hydrogen-bond acceptors (Lipinski definition) is 5. The van der Waals surface area contributed by atoms with Gasteiger partial charge in [0.2, 0.25) is 0 Å². The van der Waals surface area contributed by atoms with Crippen molar-refractivity contribution in [2.45, 2.75) is 18.9 Å². The van der Waals surface area contributed by atoms with Gasteiger partial charge in [0.25, 0.3) is 0 Å². The monoisotopic (exact) mass is 590 g/mol. The molecular formula is C16H20I2N2O6. The molecule has 144 valence electrons. The fraction of sp³-hybridized carbons (Fsp3) is 0.438. The molecule has 0 saturated carbocycles. The van der Waals surface area contributed by atoms with E-state index in [4.69, 9.17) is 14.9 Å². The fourth-order valence-corrected chi connectivity index (χ4v) is 3.27. The molecule has 0 aliphatic heterocycles. The highest BCUT2D eigenvalue weighted by Crippen LogP contribution is 2.20. The molecule has 1 aromatic rings. The van der Waals surface area contributed by atoms with Gasteiger partial charge in [0.1, 0.15) is 11.8 Å². The van der Waals surface area contributed by atoms with Gasteiger partial charge in [-0.2, -0.15) is 0 Å². The zero-order valence-corrected chi connectivity index (χ0v) is 18.2. The molecule has 3 N–H and O–H groups in total. The van der Waals surface area contributed by atoms with Gasteiger partial charge in [-0.3, -0.25) is 4.79 Å². The molecule has 0 aliphatic rings. The lowest BCUT2D eigenvalue weighted by atomic mass is 10.1. The van der Waals surface area contributed by atoms with Crippen LogP contribution in [0.3, 0.4) is 0 Å². The molecule has 1 aromatic carbocycles. The molecular weight excluding hydrogens is 570 g/mol. The molecule has 0 saturated heterocycles. The van der Waals surface area contributed by atoms with Crippen LogP contribution in [-0.4, -0.2) is 56.2 Å². The van der Waals surface area contributed by atoms with Crippen LogP contribution in [0.15, 0.2) is 24.3 Å². The van der Waals surface area contributed by atoms with E-state index in [-0.39, 0.29) is 18.6 Å². The van der Waals surface area contributed by atoms with E-state index >= 15 is 0 Å². The van der Waals surface area contributed by atoms with Crippen LogP contribution in [0.5, 0.6) is 5.75 Å². The summed E-state index contributed by atoms with van der Waals surface area (Å²) in [6.45, 7) is 1.82. The Morgan fingerprint density at radius 1 is 1.08 bits per heavy atom. The molecule has 1 atom stereocenters. The van der Waals surface area contributed by atoms with Crippen molar-refractivity contribution in [3.63, 3.8) is 0 Å². The van der Waals surface area contributed by atoms with Crippen LogP contribution in [0.4, 0.5) is 10.5 Å². The van der Waals surface area contributed by atoms with Crippen molar-refractivity contribution in [3.8, 4) is 5.75 Å². The summed E-state index contributed by atoms with van der Waals surface area (Å²) < 4.78 is 7.05. The molecule has 8 nitrogen and oxygen atoms in total. The number of alkyl halides is 2. The van der Waals surface area contributed by atoms with E-state index < -0.39 is 24.1 Å². The lowest BCUT2D eigenvalue weighted by molar-refractivity contribution is -0.140. The molecule has 10 heteroatoms. The van der Waals surface area contributed by atoms with E-state index in [0.29, 0.717) is 0 Å². The first-order chi connectivity index (χ1) is 12.4. The zero-order chi connectivity index (χ0) is 19.5. The van der Waals surface area contributed by atoms with Crippen molar-refractivity contribution in [3.05, 3.63) is 24.3 Å². The number of halogens is 2. The van der Waals surface area contributed by atoms with E-state index in [0.717, 1.165) is 27.6 Å². The average molecular weight is 590 g/mol. The van der Waals surface area contributed by atoms with Gasteiger partial charge in [0.15, 0.2) is 0 Å². The lowest BCUT2D eigenvalue weighted by Gasteiger charge is -2.23. The maximum Gasteiger partial charge on any atom is 0.413 e. The number of ether oxygens (including phenoxy) is 1. The standard InChI is InChI=1S/C16H20I2N2O6/c17-7-9-20(10-8-18)11-1-3-12(4-2-11)26-16(25)19-13(15(23)24)5-6-14(21)22/h1-4,13H,5-10H2,(H,19,25)(H,21,22)(H,23,24). The van der Waals surface area contributed by atoms with Gasteiger partial charge in [0, 0.05) is 34.1 Å². The largest absolute Gasteiger partial charge is 0.481 e. The van der Waals surface area contributed by atoms with Crippen molar-refractivity contribution in [1.82, 2.24) is 5.32 Å². The summed E-state index contributed by atoms with van der Waals surface area (Å²) in [4.78, 5) is 35.7. The van der Waals surface area contributed by atoms with Crippen LogP contribution >= 0.6 is 45.2 Å². The Kier molecular flexibility index (Phi) is 10.6. The Bertz CT molecular complexity index is 605. The van der Waals surface area contributed by atoms with Crippen LogP contribution < -0.4 is 15.0 Å². The molecule has 1 rings (SSSR count). The second-order valence-corrected chi connectivity index (χ2v) is 7.37. The predicted octanol–water partition coefficient (Wildman–Crippen LogP) is 2.77. The highest BCUT2D eigenvalue weighted by Gasteiger charge is 2.22. The maximum atomic E-state index is 11.8. The Morgan fingerprint density at radius 3 is 2.12 bits per heavy atom. The minimum atomic E-state index is -1.32. The highest BCUT2D eigenvalue weighted by molar-refractivity contribution is 14.1. The minimum absolute atomic E-state index is 0.222. The predicted molar refractivity (Wildman–Crippen MR) is 114 cm³/mol. The molecule has 1 amide bonds. The number of nitrogens with zero attached hydrogens (tertiary/aromatic N) is 1. The van der Waals surface area contributed by atoms with E-state index in [2.05, 4.69) is 55.4 Å². The average Bonchev–Trinajstić information content (AvgIpc) is 2.58. The topological polar surface area (TPSA) is 116 Å². The molecule has 0 bridgehead atoms. The third-order valence-corrected chi connectivity index (χ3v) is 4.32. The van der Waals surface area contributed by atoms with Crippen molar-refractivity contribution in [2.24, 2.45) is 0 Å². The number of carboxylic acids is 2. The molecule has 0 heterocycles. The fourth-order valence-electron chi connectivity index (χ4n) is 2.10. The summed E-state index contributed by atoms with van der Waals surface area (Å²) in [5, 5.41) is 19.8. The summed E-state index contributed by atoms with van der Waals surface area (Å²) in [6, 6.07) is 5.62. The molecule has 0 radical (unpaired) electrons. The van der Waals surface area contributed by atoms with Gasteiger partial charge in [-0.15, -0.1) is 0 Å². The molecule has 0 fully saturated rings. The van der Waals surface area contributed by atoms with Crippen LogP contribution in [0.1, 0.15) is 12.8 Å². The summed E-state index contributed by atoms with van der Waals surface area (Å²) in [5.74, 6) is -2.17. The van der Waals surface area contributed by atoms with Gasteiger partial charge in [-0.1, -0.05) is 45.2 Å². The third-order valence-electron chi connectivity index (χ3n) is 3.36. The number of hydrogen-bond donors (Lipinski definition) is 3. The van der Waals surface area contributed by atoms with Gasteiger partial charge >= 0.3 is 18.0 Å².